The van der Waals surface area contributed by atoms with E-state index in [0.29, 0.717) is 5.56 Å². The minimum Gasteiger partial charge on any atom is -0.456 e. The first-order chi connectivity index (χ1) is 8.88. The number of aryl methyl sites for hydroxylation is 1. The van der Waals surface area contributed by atoms with Gasteiger partial charge >= 0.3 is 5.97 Å². The minimum absolute atomic E-state index is 0.254. The van der Waals surface area contributed by atoms with Crippen molar-refractivity contribution < 1.29 is 9.53 Å². The molecule has 2 aromatic rings. The predicted octanol–water partition coefficient (Wildman–Crippen LogP) is 4.68. The van der Waals surface area contributed by atoms with Gasteiger partial charge in [0.1, 0.15) is 5.60 Å². The monoisotopic (exact) mass is 274 g/mol. The maximum Gasteiger partial charge on any atom is 0.340 e. The Morgan fingerprint density at radius 3 is 2.37 bits per heavy atom. The van der Waals surface area contributed by atoms with Gasteiger partial charge in [-0.25, -0.2) is 4.79 Å². The summed E-state index contributed by atoms with van der Waals surface area (Å²) < 4.78 is 5.47. The summed E-state index contributed by atoms with van der Waals surface area (Å²) >= 11 is 1.58. The summed E-state index contributed by atoms with van der Waals surface area (Å²) in [6, 6.07) is 9.96. The van der Waals surface area contributed by atoms with Gasteiger partial charge in [-0.05, 0) is 33.3 Å². The van der Waals surface area contributed by atoms with Crippen LogP contribution in [0.25, 0.3) is 11.1 Å². The van der Waals surface area contributed by atoms with Crippen molar-refractivity contribution in [2.24, 2.45) is 0 Å². The normalized spacial score (nSPS) is 11.4. The number of rotatable bonds is 2. The van der Waals surface area contributed by atoms with Crippen LogP contribution in [0.5, 0.6) is 0 Å². The van der Waals surface area contributed by atoms with Crippen LogP contribution in [0.2, 0.25) is 0 Å². The van der Waals surface area contributed by atoms with Gasteiger partial charge in [0.15, 0.2) is 0 Å². The van der Waals surface area contributed by atoms with Crippen LogP contribution in [0.1, 0.15) is 36.0 Å². The van der Waals surface area contributed by atoms with Crippen molar-refractivity contribution in [2.45, 2.75) is 33.3 Å². The summed E-state index contributed by atoms with van der Waals surface area (Å²) in [4.78, 5) is 13.4. The molecular weight excluding hydrogens is 256 g/mol. The van der Waals surface area contributed by atoms with Crippen molar-refractivity contribution in [3.63, 3.8) is 0 Å². The van der Waals surface area contributed by atoms with E-state index in [2.05, 4.69) is 0 Å². The highest BCUT2D eigenvalue weighted by atomic mass is 32.1. The molecule has 1 heterocycles. The van der Waals surface area contributed by atoms with Gasteiger partial charge in [-0.1, -0.05) is 30.3 Å². The van der Waals surface area contributed by atoms with E-state index >= 15 is 0 Å². The van der Waals surface area contributed by atoms with Gasteiger partial charge in [-0.3, -0.25) is 0 Å². The molecule has 0 bridgehead atoms. The Balaban J connectivity index is 2.41. The average molecular weight is 274 g/mol. The van der Waals surface area contributed by atoms with Crippen LogP contribution in [-0.4, -0.2) is 11.6 Å². The van der Waals surface area contributed by atoms with E-state index < -0.39 is 5.60 Å². The number of benzene rings is 1. The lowest BCUT2D eigenvalue weighted by atomic mass is 10.0. The van der Waals surface area contributed by atoms with E-state index in [-0.39, 0.29) is 5.97 Å². The highest BCUT2D eigenvalue weighted by Crippen LogP contribution is 2.33. The fourth-order valence-electron chi connectivity index (χ4n) is 1.90. The summed E-state index contributed by atoms with van der Waals surface area (Å²) in [6.07, 6.45) is 0. The van der Waals surface area contributed by atoms with Gasteiger partial charge in [0.25, 0.3) is 0 Å². The first kappa shape index (κ1) is 13.8. The van der Waals surface area contributed by atoms with Crippen LogP contribution in [0.3, 0.4) is 0 Å². The second-order valence-corrected chi connectivity index (χ2v) is 6.53. The zero-order valence-corrected chi connectivity index (χ0v) is 12.5. The molecule has 0 spiro atoms. The standard InChI is InChI=1S/C16H18O2S/c1-11-14(12-8-6-5-7-9-12)13(10-19-11)15(17)18-16(2,3)4/h5-10H,1-4H3. The van der Waals surface area contributed by atoms with Gasteiger partial charge in [0, 0.05) is 15.8 Å². The van der Waals surface area contributed by atoms with Gasteiger partial charge in [0.2, 0.25) is 0 Å². The molecular formula is C16H18O2S. The SMILES string of the molecule is Cc1scc(C(=O)OC(C)(C)C)c1-c1ccccc1. The molecule has 100 valence electrons. The lowest BCUT2D eigenvalue weighted by Gasteiger charge is -2.19. The van der Waals surface area contributed by atoms with Gasteiger partial charge in [0.05, 0.1) is 5.56 Å². The fraction of sp³-hybridized carbons (Fsp3) is 0.312. The predicted molar refractivity (Wildman–Crippen MR) is 79.7 cm³/mol. The molecule has 0 aliphatic heterocycles. The summed E-state index contributed by atoms with van der Waals surface area (Å²) in [5, 5.41) is 1.88. The van der Waals surface area contributed by atoms with Crippen LogP contribution in [0.4, 0.5) is 0 Å². The van der Waals surface area contributed by atoms with Gasteiger partial charge < -0.3 is 4.74 Å². The smallest absolute Gasteiger partial charge is 0.340 e. The quantitative estimate of drug-likeness (QED) is 0.743. The van der Waals surface area contributed by atoms with E-state index in [1.165, 1.54) is 0 Å². The summed E-state index contributed by atoms with van der Waals surface area (Å²) in [6.45, 7) is 7.67. The zero-order chi connectivity index (χ0) is 14.0. The van der Waals surface area contributed by atoms with Crippen molar-refractivity contribution in [3.05, 3.63) is 46.2 Å². The molecule has 1 aromatic carbocycles. The molecule has 0 unspecified atom stereocenters. The Morgan fingerprint density at radius 1 is 1.16 bits per heavy atom. The third kappa shape index (κ3) is 3.24. The van der Waals surface area contributed by atoms with E-state index in [4.69, 9.17) is 4.74 Å². The molecule has 0 fully saturated rings. The fourth-order valence-corrected chi connectivity index (χ4v) is 2.76. The lowest BCUT2D eigenvalue weighted by Crippen LogP contribution is -2.23. The molecule has 0 amide bonds. The Bertz CT molecular complexity index is 577. The van der Waals surface area contributed by atoms with Crippen LogP contribution in [0, 0.1) is 6.92 Å². The van der Waals surface area contributed by atoms with Crippen LogP contribution in [0.15, 0.2) is 35.7 Å². The molecule has 0 aliphatic rings. The van der Waals surface area contributed by atoms with Crippen LogP contribution >= 0.6 is 11.3 Å². The number of ether oxygens (including phenoxy) is 1. The summed E-state index contributed by atoms with van der Waals surface area (Å²) in [7, 11) is 0. The molecule has 1 aromatic heterocycles. The molecule has 0 radical (unpaired) electrons. The van der Waals surface area contributed by atoms with Crippen molar-refractivity contribution >= 4 is 17.3 Å². The molecule has 0 saturated carbocycles. The van der Waals surface area contributed by atoms with Gasteiger partial charge in [-0.15, -0.1) is 11.3 Å². The number of esters is 1. The molecule has 2 rings (SSSR count). The maximum absolute atomic E-state index is 12.3. The first-order valence-corrected chi connectivity index (χ1v) is 7.13. The molecule has 0 atom stereocenters. The Labute approximate surface area is 118 Å². The van der Waals surface area contributed by atoms with Gasteiger partial charge in [-0.2, -0.15) is 0 Å². The van der Waals surface area contributed by atoms with E-state index in [1.807, 2.05) is 63.4 Å². The van der Waals surface area contributed by atoms with E-state index in [9.17, 15) is 4.79 Å². The Hall–Kier alpha value is -1.61. The number of carbonyl (C=O) groups is 1. The highest BCUT2D eigenvalue weighted by Gasteiger charge is 2.23. The second kappa shape index (κ2) is 5.17. The highest BCUT2D eigenvalue weighted by molar-refractivity contribution is 7.10. The van der Waals surface area contributed by atoms with Crippen molar-refractivity contribution in [3.8, 4) is 11.1 Å². The summed E-state index contributed by atoms with van der Waals surface area (Å²) in [5.41, 5.74) is 2.23. The number of hydrogen-bond donors (Lipinski definition) is 0. The largest absolute Gasteiger partial charge is 0.456 e. The first-order valence-electron chi connectivity index (χ1n) is 6.25. The molecule has 19 heavy (non-hydrogen) atoms. The number of carbonyl (C=O) groups excluding carboxylic acids is 1. The lowest BCUT2D eigenvalue weighted by molar-refractivity contribution is 0.00710. The topological polar surface area (TPSA) is 26.3 Å². The van der Waals surface area contributed by atoms with Crippen molar-refractivity contribution in [1.29, 1.82) is 0 Å². The molecule has 2 nitrogen and oxygen atoms in total. The number of thiophene rings is 1. The molecule has 3 heteroatoms. The molecule has 0 N–H and O–H groups in total. The third-order valence-corrected chi connectivity index (χ3v) is 3.57. The number of hydrogen-bond acceptors (Lipinski definition) is 3. The third-order valence-electron chi connectivity index (χ3n) is 2.66. The summed E-state index contributed by atoms with van der Waals surface area (Å²) in [5.74, 6) is -0.254. The van der Waals surface area contributed by atoms with Crippen LogP contribution in [-0.2, 0) is 4.74 Å². The van der Waals surface area contributed by atoms with Crippen LogP contribution < -0.4 is 0 Å². The average Bonchev–Trinajstić information content (AvgIpc) is 2.70. The zero-order valence-electron chi connectivity index (χ0n) is 11.7. The Morgan fingerprint density at radius 2 is 1.79 bits per heavy atom. The maximum atomic E-state index is 12.3. The van der Waals surface area contributed by atoms with E-state index in [0.717, 1.165) is 16.0 Å². The molecule has 0 saturated heterocycles. The van der Waals surface area contributed by atoms with E-state index in [1.54, 1.807) is 11.3 Å². The van der Waals surface area contributed by atoms with Crippen molar-refractivity contribution in [1.82, 2.24) is 0 Å². The minimum atomic E-state index is -0.471. The Kier molecular flexibility index (Phi) is 3.76. The second-order valence-electron chi connectivity index (χ2n) is 5.45. The van der Waals surface area contributed by atoms with Crippen molar-refractivity contribution in [2.75, 3.05) is 0 Å². The molecule has 0 aliphatic carbocycles.